The highest BCUT2D eigenvalue weighted by molar-refractivity contribution is 6.29. The zero-order valence-corrected chi connectivity index (χ0v) is 9.52. The number of rotatable bonds is 1. The van der Waals surface area contributed by atoms with E-state index in [0.29, 0.717) is 5.15 Å². The molecule has 0 spiro atoms. The van der Waals surface area contributed by atoms with Gasteiger partial charge in [-0.15, -0.1) is 0 Å². The number of azide groups is 1. The SMILES string of the molecule is [N-]=[N+]=NCC#Cc1ccc2nc(Cl)ccc2c1. The molecule has 0 aliphatic heterocycles. The molecule has 0 fully saturated rings. The summed E-state index contributed by atoms with van der Waals surface area (Å²) >= 11 is 5.79. The Morgan fingerprint density at radius 3 is 3.06 bits per heavy atom. The average molecular weight is 243 g/mol. The summed E-state index contributed by atoms with van der Waals surface area (Å²) in [6, 6.07) is 9.26. The molecule has 0 radical (unpaired) electrons. The minimum Gasteiger partial charge on any atom is -0.236 e. The van der Waals surface area contributed by atoms with Gasteiger partial charge >= 0.3 is 0 Å². The summed E-state index contributed by atoms with van der Waals surface area (Å²) < 4.78 is 0. The van der Waals surface area contributed by atoms with Crippen molar-refractivity contribution in [2.24, 2.45) is 5.11 Å². The third kappa shape index (κ3) is 2.88. The summed E-state index contributed by atoms with van der Waals surface area (Å²) in [4.78, 5) is 6.80. The quantitative estimate of drug-likeness (QED) is 0.248. The van der Waals surface area contributed by atoms with E-state index >= 15 is 0 Å². The van der Waals surface area contributed by atoms with E-state index in [1.165, 1.54) is 0 Å². The van der Waals surface area contributed by atoms with Crippen LogP contribution < -0.4 is 0 Å². The van der Waals surface area contributed by atoms with Crippen LogP contribution in [-0.2, 0) is 0 Å². The first kappa shape index (κ1) is 11.3. The number of benzene rings is 1. The fourth-order valence-corrected chi connectivity index (χ4v) is 1.54. The third-order valence-electron chi connectivity index (χ3n) is 2.10. The highest BCUT2D eigenvalue weighted by Crippen LogP contribution is 2.16. The van der Waals surface area contributed by atoms with E-state index in [1.54, 1.807) is 6.07 Å². The van der Waals surface area contributed by atoms with Gasteiger partial charge in [0.1, 0.15) is 5.15 Å². The summed E-state index contributed by atoms with van der Waals surface area (Å²) in [6.45, 7) is 0.174. The number of nitrogens with zero attached hydrogens (tertiary/aromatic N) is 4. The van der Waals surface area contributed by atoms with Gasteiger partial charge in [0.15, 0.2) is 0 Å². The number of hydrogen-bond acceptors (Lipinski definition) is 2. The smallest absolute Gasteiger partial charge is 0.129 e. The van der Waals surface area contributed by atoms with Gasteiger partial charge < -0.3 is 0 Å². The number of aromatic nitrogens is 1. The molecule has 1 heterocycles. The lowest BCUT2D eigenvalue weighted by Gasteiger charge is -1.98. The highest BCUT2D eigenvalue weighted by Gasteiger charge is 1.96. The molecule has 2 aromatic rings. The van der Waals surface area contributed by atoms with Crippen LogP contribution in [0.3, 0.4) is 0 Å². The van der Waals surface area contributed by atoms with Crippen LogP contribution in [0.4, 0.5) is 0 Å². The second kappa shape index (κ2) is 5.22. The Morgan fingerprint density at radius 2 is 2.24 bits per heavy atom. The Kier molecular flexibility index (Phi) is 3.46. The molecule has 0 amide bonds. The van der Waals surface area contributed by atoms with Gasteiger partial charge in [0.05, 0.1) is 12.1 Å². The van der Waals surface area contributed by atoms with Crippen LogP contribution in [0.1, 0.15) is 5.56 Å². The van der Waals surface area contributed by atoms with E-state index in [1.807, 2.05) is 24.3 Å². The molecular weight excluding hydrogens is 236 g/mol. The van der Waals surface area contributed by atoms with E-state index in [2.05, 4.69) is 26.9 Å². The number of hydrogen-bond donors (Lipinski definition) is 0. The minimum absolute atomic E-state index is 0.174. The van der Waals surface area contributed by atoms with E-state index in [4.69, 9.17) is 17.1 Å². The summed E-state index contributed by atoms with van der Waals surface area (Å²) in [7, 11) is 0. The van der Waals surface area contributed by atoms with Gasteiger partial charge in [0.25, 0.3) is 0 Å². The molecule has 82 valence electrons. The Hall–Kier alpha value is -2.21. The molecule has 0 N–H and O–H groups in total. The molecule has 0 saturated carbocycles. The normalized spacial score (nSPS) is 9.24. The van der Waals surface area contributed by atoms with Crippen molar-refractivity contribution >= 4 is 22.5 Å². The van der Waals surface area contributed by atoms with Crippen molar-refractivity contribution in [2.75, 3.05) is 6.54 Å². The number of pyridine rings is 1. The first-order valence-corrected chi connectivity index (χ1v) is 5.23. The van der Waals surface area contributed by atoms with Crippen molar-refractivity contribution in [3.63, 3.8) is 0 Å². The van der Waals surface area contributed by atoms with Crippen LogP contribution in [0.2, 0.25) is 5.15 Å². The van der Waals surface area contributed by atoms with Crippen molar-refractivity contribution in [3.8, 4) is 11.8 Å². The number of halogens is 1. The topological polar surface area (TPSA) is 61.7 Å². The zero-order chi connectivity index (χ0) is 12.1. The average Bonchev–Trinajstić information content (AvgIpc) is 2.35. The monoisotopic (exact) mass is 242 g/mol. The van der Waals surface area contributed by atoms with E-state index < -0.39 is 0 Å². The zero-order valence-electron chi connectivity index (χ0n) is 8.76. The van der Waals surface area contributed by atoms with E-state index in [9.17, 15) is 0 Å². The van der Waals surface area contributed by atoms with Crippen LogP contribution in [0, 0.1) is 11.8 Å². The summed E-state index contributed by atoms with van der Waals surface area (Å²) in [5.74, 6) is 5.67. The molecule has 0 aliphatic carbocycles. The first-order chi connectivity index (χ1) is 8.29. The predicted octanol–water partition coefficient (Wildman–Crippen LogP) is 3.55. The molecule has 0 aliphatic rings. The van der Waals surface area contributed by atoms with Gasteiger partial charge in [0.2, 0.25) is 0 Å². The van der Waals surface area contributed by atoms with Crippen molar-refractivity contribution in [2.45, 2.75) is 0 Å². The molecule has 1 aromatic heterocycles. The van der Waals surface area contributed by atoms with Gasteiger partial charge in [-0.3, -0.25) is 0 Å². The van der Waals surface area contributed by atoms with Gasteiger partial charge in [0, 0.05) is 15.9 Å². The Bertz CT molecular complexity index is 663. The Balaban J connectivity index is 2.33. The number of fused-ring (bicyclic) bond motifs is 1. The van der Waals surface area contributed by atoms with Crippen LogP contribution in [0.5, 0.6) is 0 Å². The van der Waals surface area contributed by atoms with Crippen LogP contribution in [0.25, 0.3) is 21.3 Å². The predicted molar refractivity (Wildman–Crippen MR) is 67.6 cm³/mol. The lowest BCUT2D eigenvalue weighted by Crippen LogP contribution is -1.81. The molecule has 5 heteroatoms. The van der Waals surface area contributed by atoms with Crippen LogP contribution in [0.15, 0.2) is 35.4 Å². The van der Waals surface area contributed by atoms with Crippen molar-refractivity contribution in [1.29, 1.82) is 0 Å². The first-order valence-electron chi connectivity index (χ1n) is 4.85. The van der Waals surface area contributed by atoms with E-state index in [0.717, 1.165) is 16.5 Å². The second-order valence-electron chi connectivity index (χ2n) is 3.23. The lowest BCUT2D eigenvalue weighted by molar-refractivity contribution is 1.25. The molecule has 17 heavy (non-hydrogen) atoms. The molecule has 4 nitrogen and oxygen atoms in total. The molecular formula is C12H7ClN4. The molecule has 0 unspecified atom stereocenters. The Labute approximate surface area is 103 Å². The van der Waals surface area contributed by atoms with Gasteiger partial charge in [-0.05, 0) is 35.9 Å². The Morgan fingerprint density at radius 1 is 1.35 bits per heavy atom. The molecule has 0 bridgehead atoms. The van der Waals surface area contributed by atoms with Gasteiger partial charge in [-0.25, -0.2) is 4.98 Å². The van der Waals surface area contributed by atoms with Crippen molar-refractivity contribution in [1.82, 2.24) is 4.98 Å². The van der Waals surface area contributed by atoms with Gasteiger partial charge in [-0.1, -0.05) is 28.6 Å². The lowest BCUT2D eigenvalue weighted by atomic mass is 10.1. The van der Waals surface area contributed by atoms with Crippen LogP contribution >= 0.6 is 11.6 Å². The third-order valence-corrected chi connectivity index (χ3v) is 2.31. The maximum absolute atomic E-state index is 8.10. The van der Waals surface area contributed by atoms with E-state index in [-0.39, 0.29) is 6.54 Å². The van der Waals surface area contributed by atoms with Crippen LogP contribution in [-0.4, -0.2) is 11.5 Å². The molecule has 0 saturated heterocycles. The maximum Gasteiger partial charge on any atom is 0.129 e. The van der Waals surface area contributed by atoms with Crippen molar-refractivity contribution < 1.29 is 0 Å². The molecule has 1 aromatic carbocycles. The summed E-state index contributed by atoms with van der Waals surface area (Å²) in [5, 5.41) is 4.79. The second-order valence-corrected chi connectivity index (χ2v) is 3.62. The molecule has 0 atom stereocenters. The molecule has 2 rings (SSSR count). The minimum atomic E-state index is 0.174. The fourth-order valence-electron chi connectivity index (χ4n) is 1.39. The summed E-state index contributed by atoms with van der Waals surface area (Å²) in [6.07, 6.45) is 0. The maximum atomic E-state index is 8.10. The largest absolute Gasteiger partial charge is 0.236 e. The van der Waals surface area contributed by atoms with Gasteiger partial charge in [-0.2, -0.15) is 0 Å². The highest BCUT2D eigenvalue weighted by atomic mass is 35.5. The van der Waals surface area contributed by atoms with Crippen molar-refractivity contribution in [3.05, 3.63) is 51.5 Å². The summed E-state index contributed by atoms with van der Waals surface area (Å²) in [5.41, 5.74) is 9.79. The standard InChI is InChI=1S/C12H7ClN4/c13-12-6-4-10-8-9(2-1-7-15-17-14)3-5-11(10)16-12/h3-6,8H,7H2. The fraction of sp³-hybridized carbons (Fsp3) is 0.0833.